The van der Waals surface area contributed by atoms with E-state index in [9.17, 15) is 0 Å². The third-order valence-electron chi connectivity index (χ3n) is 7.61. The Morgan fingerprint density at radius 1 is 0.628 bits per heavy atom. The third-order valence-corrected chi connectivity index (χ3v) is 9.94. The van der Waals surface area contributed by atoms with Gasteiger partial charge >= 0.3 is 0 Å². The fraction of sp³-hybridized carbons (Fsp3) is 0.161. The van der Waals surface area contributed by atoms with Gasteiger partial charge in [0.2, 0.25) is 0 Å². The summed E-state index contributed by atoms with van der Waals surface area (Å²) in [5, 5.41) is 0. The molecule has 0 fully saturated rings. The Bertz CT molecular complexity index is 1760. The minimum atomic E-state index is -0.643. The van der Waals surface area contributed by atoms with Gasteiger partial charge in [0.1, 0.15) is 47.6 Å². The van der Waals surface area contributed by atoms with Crippen LogP contribution in [-0.2, 0) is 20.6 Å². The molecule has 8 rings (SSSR count). The van der Waals surface area contributed by atoms with Gasteiger partial charge in [0.15, 0.2) is 5.54 Å². The van der Waals surface area contributed by atoms with Crippen LogP contribution in [0.25, 0.3) is 0 Å². The van der Waals surface area contributed by atoms with E-state index in [1.165, 1.54) is 0 Å². The first kappa shape index (κ1) is 29.3. The molecule has 218 valence electrons. The smallest absolute Gasteiger partial charge is 0.283 e. The highest BCUT2D eigenvalue weighted by Crippen LogP contribution is 2.52. The number of aliphatic imine (C=N–C) groups is 2. The molecule has 4 N–H and O–H groups in total. The maximum Gasteiger partial charge on any atom is 0.283 e. The molecule has 0 bridgehead atoms. The molecule has 0 saturated heterocycles. The van der Waals surface area contributed by atoms with Crippen LogP contribution in [0.3, 0.4) is 0 Å². The number of hydrogen-bond donors (Lipinski definition) is 2. The second-order valence-corrected chi connectivity index (χ2v) is 14.6. The first-order chi connectivity index (χ1) is 20.7. The van der Waals surface area contributed by atoms with Crippen LogP contribution in [0.15, 0.2) is 91.7 Å². The van der Waals surface area contributed by atoms with Crippen LogP contribution in [-0.4, -0.2) is 31.7 Å². The molecular formula is C31H22Br2I2N4O4. The first-order valence-corrected chi connectivity index (χ1v) is 16.9. The zero-order chi connectivity index (χ0) is 29.9. The Morgan fingerprint density at radius 2 is 1.09 bits per heavy atom. The lowest BCUT2D eigenvalue weighted by molar-refractivity contribution is 0.109. The molecule has 4 aromatic carbocycles. The quantitative estimate of drug-likeness (QED) is 0.177. The summed E-state index contributed by atoms with van der Waals surface area (Å²) in [6, 6.07) is 24.2. The number of nitrogens with zero attached hydrogens (tertiary/aromatic N) is 2. The Labute approximate surface area is 291 Å². The average Bonchev–Trinajstić information content (AvgIpc) is 3.38. The van der Waals surface area contributed by atoms with Gasteiger partial charge in [0.05, 0.1) is 6.61 Å². The van der Waals surface area contributed by atoms with Crippen LogP contribution in [0.2, 0.25) is 0 Å². The summed E-state index contributed by atoms with van der Waals surface area (Å²) in [6.07, 6.45) is 0. The van der Waals surface area contributed by atoms with Gasteiger partial charge in [-0.25, -0.2) is 4.99 Å². The van der Waals surface area contributed by atoms with Crippen molar-refractivity contribution in [1.29, 1.82) is 0 Å². The van der Waals surface area contributed by atoms with Gasteiger partial charge in [-0.15, -0.1) is 0 Å². The van der Waals surface area contributed by atoms with Crippen molar-refractivity contribution in [3.05, 3.63) is 111 Å². The summed E-state index contributed by atoms with van der Waals surface area (Å²) in [5.41, 5.74) is 14.5. The number of fused-ring (bicyclic) bond motifs is 8. The highest BCUT2D eigenvalue weighted by atomic mass is 127. The van der Waals surface area contributed by atoms with Crippen molar-refractivity contribution >= 4 is 88.9 Å². The molecule has 0 aliphatic carbocycles. The summed E-state index contributed by atoms with van der Waals surface area (Å²) >= 11 is 11.6. The van der Waals surface area contributed by atoms with Crippen molar-refractivity contribution in [2.24, 2.45) is 21.5 Å². The standard InChI is InChI=1S/C16H12BrIN2O2.C15H10BrIN2O2/c17-9-1-3-13-11(5-9)16(8-21-7-15(19)20-16)12-6-10(18)2-4-14(12)22-13;16-8-1-3-12-10(5-8)15(7-20-14(18)19-15)11-6-9(17)2-4-13(11)21-12/h1-6H,7-8H2,(H2,19,20);1-6H,7H2,(H2,18,19)/t16-;15-/m00/s1. The Hall–Kier alpha value is -2.40. The summed E-state index contributed by atoms with van der Waals surface area (Å²) < 4.78 is 27.5. The predicted molar refractivity (Wildman–Crippen MR) is 188 cm³/mol. The van der Waals surface area contributed by atoms with Gasteiger partial charge in [-0.1, -0.05) is 31.9 Å². The zero-order valence-electron chi connectivity index (χ0n) is 22.2. The molecule has 0 aromatic heterocycles. The van der Waals surface area contributed by atoms with E-state index in [1.54, 1.807) is 0 Å². The molecule has 0 radical (unpaired) electrons. The minimum Gasteiger partial charge on any atom is -0.462 e. The maximum atomic E-state index is 6.06. The van der Waals surface area contributed by atoms with Crippen molar-refractivity contribution in [3.8, 4) is 23.0 Å². The monoisotopic (exact) mass is 926 g/mol. The van der Waals surface area contributed by atoms with Crippen molar-refractivity contribution in [2.75, 3.05) is 19.8 Å². The lowest BCUT2D eigenvalue weighted by Crippen LogP contribution is -2.42. The largest absolute Gasteiger partial charge is 0.462 e. The van der Waals surface area contributed by atoms with E-state index in [4.69, 9.17) is 35.4 Å². The molecular weight excluding hydrogens is 906 g/mol. The molecule has 4 aliphatic rings. The van der Waals surface area contributed by atoms with Crippen molar-refractivity contribution < 1.29 is 18.9 Å². The van der Waals surface area contributed by atoms with E-state index in [1.807, 2.05) is 60.7 Å². The molecule has 8 nitrogen and oxygen atoms in total. The third kappa shape index (κ3) is 5.12. The number of nitrogens with two attached hydrogens (primary N) is 2. The van der Waals surface area contributed by atoms with Gasteiger partial charge in [0, 0.05) is 38.3 Å². The fourth-order valence-corrected chi connectivity index (χ4v) is 7.49. The minimum absolute atomic E-state index is 0.215. The van der Waals surface area contributed by atoms with Gasteiger partial charge in [-0.05, 0) is 118 Å². The highest BCUT2D eigenvalue weighted by molar-refractivity contribution is 14.1. The molecule has 43 heavy (non-hydrogen) atoms. The number of rotatable bonds is 0. The van der Waals surface area contributed by atoms with E-state index < -0.39 is 11.1 Å². The molecule has 2 spiro atoms. The first-order valence-electron chi connectivity index (χ1n) is 13.1. The van der Waals surface area contributed by atoms with Crippen LogP contribution in [0.1, 0.15) is 22.3 Å². The van der Waals surface area contributed by atoms with E-state index >= 15 is 0 Å². The number of ether oxygens (including phenoxy) is 4. The molecule has 0 saturated carbocycles. The normalized spacial score (nSPS) is 22.3. The molecule has 4 heterocycles. The van der Waals surface area contributed by atoms with Gasteiger partial charge in [0.25, 0.3) is 6.02 Å². The fourth-order valence-electron chi connectivity index (χ4n) is 5.78. The van der Waals surface area contributed by atoms with Crippen LogP contribution in [0, 0.1) is 7.14 Å². The van der Waals surface area contributed by atoms with E-state index in [-0.39, 0.29) is 6.02 Å². The number of halogens is 4. The summed E-state index contributed by atoms with van der Waals surface area (Å²) in [6.45, 7) is 1.21. The SMILES string of the molecule is NC1=N[C@@]2(CO1)c1cc(Br)ccc1Oc1ccc(I)cc12.NC1=N[C@@]2(COC1)c1cc(Br)ccc1Oc1ccc(I)cc12. The highest BCUT2D eigenvalue weighted by Gasteiger charge is 2.47. The van der Waals surface area contributed by atoms with Crippen LogP contribution >= 0.6 is 77.0 Å². The molecule has 0 amide bonds. The lowest BCUT2D eigenvalue weighted by Gasteiger charge is -2.39. The molecule has 4 aliphatic heterocycles. The summed E-state index contributed by atoms with van der Waals surface area (Å²) in [4.78, 5) is 9.42. The van der Waals surface area contributed by atoms with Crippen molar-refractivity contribution in [3.63, 3.8) is 0 Å². The second kappa shape index (κ2) is 11.2. The lowest BCUT2D eigenvalue weighted by atomic mass is 9.80. The Balaban J connectivity index is 0.000000140. The molecule has 2 atom stereocenters. The van der Waals surface area contributed by atoms with Gasteiger partial charge < -0.3 is 30.4 Å². The number of benzene rings is 4. The van der Waals surface area contributed by atoms with Gasteiger partial charge in [-0.2, -0.15) is 0 Å². The van der Waals surface area contributed by atoms with E-state index in [2.05, 4.69) is 94.2 Å². The number of hydrogen-bond acceptors (Lipinski definition) is 8. The maximum absolute atomic E-state index is 6.06. The predicted octanol–water partition coefficient (Wildman–Crippen LogP) is 7.54. The summed E-state index contributed by atoms with van der Waals surface area (Å²) in [5.74, 6) is 3.68. The average molecular weight is 928 g/mol. The molecule has 12 heteroatoms. The van der Waals surface area contributed by atoms with Gasteiger partial charge in [-0.3, -0.25) is 4.99 Å². The van der Waals surface area contributed by atoms with Crippen molar-refractivity contribution in [2.45, 2.75) is 11.1 Å². The molecule has 0 unspecified atom stereocenters. The van der Waals surface area contributed by atoms with Crippen LogP contribution < -0.4 is 20.9 Å². The van der Waals surface area contributed by atoms with E-state index in [0.717, 1.165) is 61.3 Å². The van der Waals surface area contributed by atoms with E-state index in [0.29, 0.717) is 25.7 Å². The number of amidine groups is 2. The Kier molecular flexibility index (Phi) is 7.63. The zero-order valence-corrected chi connectivity index (χ0v) is 29.7. The molecule has 4 aromatic rings. The second-order valence-electron chi connectivity index (χ2n) is 10.3. The summed E-state index contributed by atoms with van der Waals surface area (Å²) in [7, 11) is 0. The topological polar surface area (TPSA) is 114 Å². The van der Waals surface area contributed by atoms with Crippen LogP contribution in [0.4, 0.5) is 0 Å². The Morgan fingerprint density at radius 3 is 1.56 bits per heavy atom. The van der Waals surface area contributed by atoms with Crippen LogP contribution in [0.5, 0.6) is 23.0 Å². The van der Waals surface area contributed by atoms with Crippen molar-refractivity contribution in [1.82, 2.24) is 0 Å².